The van der Waals surface area contributed by atoms with Crippen molar-refractivity contribution in [1.29, 1.82) is 0 Å². The van der Waals surface area contributed by atoms with E-state index in [1.54, 1.807) is 19.0 Å². The fourth-order valence-electron chi connectivity index (χ4n) is 4.01. The van der Waals surface area contributed by atoms with Gasteiger partial charge in [-0.15, -0.1) is 0 Å². The number of hydrogen-bond acceptors (Lipinski definition) is 2. The Hall–Kier alpha value is -2.55. The van der Waals surface area contributed by atoms with Crippen LogP contribution in [0, 0.1) is 5.41 Å². The lowest BCUT2D eigenvalue weighted by Gasteiger charge is -2.32. The molecule has 0 saturated carbocycles. The predicted octanol–water partition coefficient (Wildman–Crippen LogP) is 6.62. The van der Waals surface area contributed by atoms with Crippen molar-refractivity contribution in [3.63, 3.8) is 0 Å². The van der Waals surface area contributed by atoms with Crippen LogP contribution in [-0.2, 0) is 0 Å². The summed E-state index contributed by atoms with van der Waals surface area (Å²) in [6.45, 7) is 9.02. The van der Waals surface area contributed by atoms with Crippen molar-refractivity contribution in [3.8, 4) is 0 Å². The molecule has 0 unspecified atom stereocenters. The topological polar surface area (TPSA) is 33.5 Å². The van der Waals surface area contributed by atoms with E-state index in [1.807, 2.05) is 24.3 Å². The molecule has 0 bridgehead atoms. The number of benzene rings is 1. The van der Waals surface area contributed by atoms with E-state index in [2.05, 4.69) is 45.9 Å². The molecule has 1 heterocycles. The van der Waals surface area contributed by atoms with Gasteiger partial charge in [-0.1, -0.05) is 37.6 Å². The van der Waals surface area contributed by atoms with Gasteiger partial charge < -0.3 is 9.32 Å². The van der Waals surface area contributed by atoms with E-state index in [-0.39, 0.29) is 11.3 Å². The Balaban J connectivity index is 1.84. The lowest BCUT2D eigenvalue weighted by Crippen LogP contribution is -2.21. The fourth-order valence-corrected chi connectivity index (χ4v) is 4.01. The summed E-state index contributed by atoms with van der Waals surface area (Å²) in [7, 11) is 3.51. The van der Waals surface area contributed by atoms with E-state index < -0.39 is 0 Å². The average Bonchev–Trinajstić information content (AvgIpc) is 3.01. The van der Waals surface area contributed by atoms with Gasteiger partial charge in [0.2, 0.25) is 0 Å². The second-order valence-electron chi connectivity index (χ2n) is 8.75. The third-order valence-corrected chi connectivity index (χ3v) is 5.62. The summed E-state index contributed by atoms with van der Waals surface area (Å²) in [5.74, 6) is 0.786. The maximum atomic E-state index is 12.1. The number of carbonyl (C=O) groups excluding carboxylic acids is 1. The maximum Gasteiger partial charge on any atom is 0.253 e. The smallest absolute Gasteiger partial charge is 0.253 e. The van der Waals surface area contributed by atoms with Crippen LogP contribution in [0.5, 0.6) is 0 Å². The van der Waals surface area contributed by atoms with E-state index in [0.717, 1.165) is 22.3 Å². The monoisotopic (exact) mass is 377 g/mol. The summed E-state index contributed by atoms with van der Waals surface area (Å²) < 4.78 is 5.97. The van der Waals surface area contributed by atoms with Gasteiger partial charge in [-0.25, -0.2) is 0 Å². The Morgan fingerprint density at radius 3 is 2.64 bits per heavy atom. The third kappa shape index (κ3) is 4.30. The maximum absolute atomic E-state index is 12.1. The number of allylic oxidation sites excluding steroid dienone is 5. The molecule has 3 rings (SSSR count). The van der Waals surface area contributed by atoms with E-state index >= 15 is 0 Å². The van der Waals surface area contributed by atoms with Crippen LogP contribution in [0.4, 0.5) is 0 Å². The summed E-state index contributed by atoms with van der Waals surface area (Å²) in [4.78, 5) is 13.7. The molecule has 148 valence electrons. The van der Waals surface area contributed by atoms with Crippen molar-refractivity contribution in [1.82, 2.24) is 4.90 Å². The van der Waals surface area contributed by atoms with Crippen molar-refractivity contribution in [2.75, 3.05) is 14.1 Å². The Bertz CT molecular complexity index is 983. The SMILES string of the molecule is CC(C=CC1=C(C)CCCC1(C)C)=Cc1cc2ccc(C(=O)N(C)C)cc2o1. The molecule has 1 aliphatic rings. The van der Waals surface area contributed by atoms with Crippen molar-refractivity contribution in [2.24, 2.45) is 5.41 Å². The molecule has 1 amide bonds. The van der Waals surface area contributed by atoms with E-state index in [4.69, 9.17) is 4.42 Å². The van der Waals surface area contributed by atoms with Gasteiger partial charge in [0, 0.05) is 25.0 Å². The van der Waals surface area contributed by atoms with Gasteiger partial charge in [0.1, 0.15) is 11.3 Å². The number of rotatable bonds is 4. The summed E-state index contributed by atoms with van der Waals surface area (Å²) in [6.07, 6.45) is 10.2. The normalized spacial score (nSPS) is 17.6. The fraction of sp³-hybridized carbons (Fsp3) is 0.400. The van der Waals surface area contributed by atoms with Crippen LogP contribution < -0.4 is 0 Å². The number of furan rings is 1. The molecule has 0 aliphatic heterocycles. The van der Waals surface area contributed by atoms with Crippen molar-refractivity contribution in [3.05, 3.63) is 64.5 Å². The second kappa shape index (κ2) is 7.83. The molecule has 3 nitrogen and oxygen atoms in total. The lowest BCUT2D eigenvalue weighted by atomic mass is 9.72. The van der Waals surface area contributed by atoms with Crippen molar-refractivity contribution >= 4 is 23.0 Å². The molecule has 0 atom stereocenters. The highest BCUT2D eigenvalue weighted by Gasteiger charge is 2.26. The van der Waals surface area contributed by atoms with Crippen LogP contribution in [0.3, 0.4) is 0 Å². The third-order valence-electron chi connectivity index (χ3n) is 5.62. The zero-order valence-corrected chi connectivity index (χ0v) is 17.9. The summed E-state index contributed by atoms with van der Waals surface area (Å²) >= 11 is 0. The number of fused-ring (bicyclic) bond motifs is 1. The molecule has 1 aromatic heterocycles. The standard InChI is InChI=1S/C25H31NO2/c1-17(9-12-22-18(2)8-7-13-25(22,3)4)14-21-15-19-10-11-20(16-23(19)28-21)24(27)26(5)6/h9-12,14-16H,7-8,13H2,1-6H3. The Labute approximate surface area is 168 Å². The Kier molecular flexibility index (Phi) is 5.64. The molecular formula is C25H31NO2. The first-order valence-corrected chi connectivity index (χ1v) is 9.99. The van der Waals surface area contributed by atoms with Gasteiger partial charge in [-0.05, 0) is 73.9 Å². The Morgan fingerprint density at radius 1 is 1.21 bits per heavy atom. The second-order valence-corrected chi connectivity index (χ2v) is 8.75. The number of carbonyl (C=O) groups is 1. The van der Waals surface area contributed by atoms with Gasteiger partial charge in [0.05, 0.1) is 0 Å². The average molecular weight is 378 g/mol. The lowest BCUT2D eigenvalue weighted by molar-refractivity contribution is 0.0827. The largest absolute Gasteiger partial charge is 0.457 e. The minimum Gasteiger partial charge on any atom is -0.457 e. The molecule has 1 aromatic carbocycles. The van der Waals surface area contributed by atoms with Crippen LogP contribution in [-0.4, -0.2) is 24.9 Å². The van der Waals surface area contributed by atoms with Gasteiger partial charge in [0.25, 0.3) is 5.91 Å². The molecule has 1 aliphatic carbocycles. The number of nitrogens with zero attached hydrogens (tertiary/aromatic N) is 1. The van der Waals surface area contributed by atoms with Crippen LogP contribution in [0.2, 0.25) is 0 Å². The van der Waals surface area contributed by atoms with Crippen molar-refractivity contribution < 1.29 is 9.21 Å². The summed E-state index contributed by atoms with van der Waals surface area (Å²) in [6, 6.07) is 7.63. The highest BCUT2D eigenvalue weighted by molar-refractivity contribution is 5.97. The highest BCUT2D eigenvalue weighted by Crippen LogP contribution is 2.40. The molecule has 0 radical (unpaired) electrons. The number of amides is 1. The predicted molar refractivity (Wildman–Crippen MR) is 117 cm³/mol. The molecular weight excluding hydrogens is 346 g/mol. The molecule has 0 N–H and O–H groups in total. The molecule has 3 heteroatoms. The summed E-state index contributed by atoms with van der Waals surface area (Å²) in [5, 5.41) is 1.00. The van der Waals surface area contributed by atoms with Gasteiger partial charge >= 0.3 is 0 Å². The first kappa shape index (κ1) is 20.2. The zero-order valence-electron chi connectivity index (χ0n) is 17.9. The van der Waals surface area contributed by atoms with E-state index in [9.17, 15) is 4.79 Å². The van der Waals surface area contributed by atoms with Gasteiger partial charge in [-0.3, -0.25) is 4.79 Å². The highest BCUT2D eigenvalue weighted by atomic mass is 16.3. The quantitative estimate of drug-likeness (QED) is 0.561. The molecule has 0 saturated heterocycles. The van der Waals surface area contributed by atoms with Gasteiger partial charge in [0.15, 0.2) is 0 Å². The van der Waals surface area contributed by atoms with Gasteiger partial charge in [-0.2, -0.15) is 0 Å². The molecule has 2 aromatic rings. The van der Waals surface area contributed by atoms with Crippen molar-refractivity contribution in [2.45, 2.75) is 47.0 Å². The van der Waals surface area contributed by atoms with Crippen LogP contribution in [0.25, 0.3) is 17.0 Å². The first-order valence-electron chi connectivity index (χ1n) is 9.99. The minimum absolute atomic E-state index is 0.0201. The Morgan fingerprint density at radius 2 is 1.96 bits per heavy atom. The minimum atomic E-state index is -0.0201. The molecule has 28 heavy (non-hydrogen) atoms. The first-order chi connectivity index (χ1) is 13.2. The van der Waals surface area contributed by atoms with E-state index in [1.165, 1.54) is 30.4 Å². The molecule has 0 spiro atoms. The number of hydrogen-bond donors (Lipinski definition) is 0. The van der Waals surface area contributed by atoms with Crippen LogP contribution in [0.1, 0.15) is 63.1 Å². The van der Waals surface area contributed by atoms with Crippen LogP contribution >= 0.6 is 0 Å². The molecule has 0 fully saturated rings. The zero-order chi connectivity index (χ0) is 20.5. The summed E-state index contributed by atoms with van der Waals surface area (Å²) in [5.41, 5.74) is 5.73. The van der Waals surface area contributed by atoms with E-state index in [0.29, 0.717) is 5.56 Å². The van der Waals surface area contributed by atoms with Crippen LogP contribution in [0.15, 0.2) is 57.6 Å².